The Balaban J connectivity index is 1.79. The van der Waals surface area contributed by atoms with E-state index in [1.807, 2.05) is 0 Å². The average molecular weight is 431 g/mol. The van der Waals surface area contributed by atoms with Crippen molar-refractivity contribution < 1.29 is 26.1 Å². The first kappa shape index (κ1) is 20.5. The van der Waals surface area contributed by atoms with Crippen molar-refractivity contribution in [2.75, 3.05) is 7.05 Å². The number of hydrogen-bond donors (Lipinski definition) is 0. The molecule has 2 aromatic heterocycles. The van der Waals surface area contributed by atoms with Crippen LogP contribution in [-0.4, -0.2) is 29.9 Å². The molecule has 6 nitrogen and oxygen atoms in total. The van der Waals surface area contributed by atoms with Gasteiger partial charge in [0.2, 0.25) is 10.0 Å². The van der Waals surface area contributed by atoms with Gasteiger partial charge in [-0.05, 0) is 26.0 Å². The van der Waals surface area contributed by atoms with E-state index in [0.717, 1.165) is 16.4 Å². The molecule has 0 aliphatic heterocycles. The summed E-state index contributed by atoms with van der Waals surface area (Å²) < 4.78 is 69.5. The van der Waals surface area contributed by atoms with E-state index in [9.17, 15) is 21.6 Å². The van der Waals surface area contributed by atoms with E-state index >= 15 is 0 Å². The fraction of sp³-hybridized carbons (Fsp3) is 0.294. The second-order valence-corrected chi connectivity index (χ2v) is 8.97. The molecular weight excluding hydrogens is 415 g/mol. The third kappa shape index (κ3) is 3.96. The Bertz CT molecular complexity index is 1070. The molecule has 11 heteroatoms. The molecule has 3 rings (SSSR count). The molecular formula is C17H16F3N3O3S2. The summed E-state index contributed by atoms with van der Waals surface area (Å²) >= 11 is 1.23. The van der Waals surface area contributed by atoms with Crippen LogP contribution in [0.5, 0.6) is 0 Å². The van der Waals surface area contributed by atoms with Gasteiger partial charge in [0.25, 0.3) is 0 Å². The Morgan fingerprint density at radius 3 is 2.36 bits per heavy atom. The van der Waals surface area contributed by atoms with Crippen molar-refractivity contribution in [1.82, 2.24) is 14.4 Å². The van der Waals surface area contributed by atoms with E-state index in [1.54, 1.807) is 12.3 Å². The van der Waals surface area contributed by atoms with Crippen LogP contribution < -0.4 is 0 Å². The Labute approximate surface area is 163 Å². The third-order valence-electron chi connectivity index (χ3n) is 4.03. The molecule has 0 atom stereocenters. The van der Waals surface area contributed by atoms with Gasteiger partial charge in [-0.3, -0.25) is 0 Å². The van der Waals surface area contributed by atoms with E-state index in [0.29, 0.717) is 16.3 Å². The summed E-state index contributed by atoms with van der Waals surface area (Å²) in [7, 11) is -2.40. The first-order valence-corrected chi connectivity index (χ1v) is 10.3. The molecule has 0 radical (unpaired) electrons. The summed E-state index contributed by atoms with van der Waals surface area (Å²) in [5.74, 6) is 0.202. The number of aryl methyl sites for hydroxylation is 2. The number of thiazole rings is 1. The highest BCUT2D eigenvalue weighted by molar-refractivity contribution is 7.89. The van der Waals surface area contributed by atoms with Crippen molar-refractivity contribution in [3.05, 3.63) is 52.4 Å². The van der Waals surface area contributed by atoms with Gasteiger partial charge in [0.15, 0.2) is 5.76 Å². The smallest absolute Gasteiger partial charge is 0.360 e. The van der Waals surface area contributed by atoms with Crippen LogP contribution in [0.15, 0.2) is 39.1 Å². The molecule has 150 valence electrons. The lowest BCUT2D eigenvalue weighted by atomic mass is 10.1. The monoisotopic (exact) mass is 431 g/mol. The van der Waals surface area contributed by atoms with Gasteiger partial charge in [-0.2, -0.15) is 17.5 Å². The van der Waals surface area contributed by atoms with Gasteiger partial charge < -0.3 is 4.52 Å². The minimum Gasteiger partial charge on any atom is -0.360 e. The maximum atomic E-state index is 12.7. The summed E-state index contributed by atoms with van der Waals surface area (Å²) in [6.45, 7) is 3.07. The highest BCUT2D eigenvalue weighted by atomic mass is 32.2. The molecule has 0 N–H and O–H groups in total. The number of alkyl halides is 3. The van der Waals surface area contributed by atoms with Gasteiger partial charge in [-0.25, -0.2) is 13.4 Å². The summed E-state index contributed by atoms with van der Waals surface area (Å²) in [6.07, 6.45) is -4.40. The maximum Gasteiger partial charge on any atom is 0.416 e. The van der Waals surface area contributed by atoms with Crippen LogP contribution in [-0.2, 0) is 22.7 Å². The van der Waals surface area contributed by atoms with Crippen LogP contribution in [0.2, 0.25) is 0 Å². The molecule has 0 saturated heterocycles. The van der Waals surface area contributed by atoms with Gasteiger partial charge in [-0.1, -0.05) is 17.3 Å². The normalized spacial score (nSPS) is 12.7. The first-order valence-electron chi connectivity index (χ1n) is 8.01. The van der Waals surface area contributed by atoms with E-state index in [-0.39, 0.29) is 22.9 Å². The van der Waals surface area contributed by atoms with Crippen molar-refractivity contribution in [1.29, 1.82) is 0 Å². The first-order chi connectivity index (χ1) is 13.0. The molecule has 0 spiro atoms. The fourth-order valence-electron chi connectivity index (χ4n) is 2.63. The van der Waals surface area contributed by atoms with Gasteiger partial charge >= 0.3 is 6.18 Å². The number of aromatic nitrogens is 2. The molecule has 2 heterocycles. The molecule has 0 saturated carbocycles. The lowest BCUT2D eigenvalue weighted by Gasteiger charge is -2.15. The van der Waals surface area contributed by atoms with Crippen LogP contribution in [0.25, 0.3) is 10.6 Å². The van der Waals surface area contributed by atoms with E-state index in [1.165, 1.54) is 37.4 Å². The van der Waals surface area contributed by atoms with Crippen molar-refractivity contribution in [2.45, 2.75) is 31.5 Å². The van der Waals surface area contributed by atoms with E-state index in [4.69, 9.17) is 4.52 Å². The number of halogens is 3. The lowest BCUT2D eigenvalue weighted by molar-refractivity contribution is -0.137. The van der Waals surface area contributed by atoms with Gasteiger partial charge in [-0.15, -0.1) is 11.3 Å². The van der Waals surface area contributed by atoms with Gasteiger partial charge in [0.05, 0.1) is 17.8 Å². The summed E-state index contributed by atoms with van der Waals surface area (Å²) in [5, 5.41) is 5.84. The molecule has 0 amide bonds. The molecule has 3 aromatic rings. The van der Waals surface area contributed by atoms with E-state index < -0.39 is 21.8 Å². The standard InChI is InChI=1S/C17H16F3N3O3S2/c1-10-15(11(2)26-22-10)28(24,25)23(3)8-14-9-27-16(21-14)12-4-6-13(7-5-12)17(18,19)20/h4-7,9H,8H2,1-3H3. The number of rotatable bonds is 5. The maximum absolute atomic E-state index is 12.7. The van der Waals surface area contributed by atoms with Crippen molar-refractivity contribution in [3.63, 3.8) is 0 Å². The SMILES string of the molecule is Cc1noc(C)c1S(=O)(=O)N(C)Cc1csc(-c2ccc(C(F)(F)F)cc2)n1. The minimum absolute atomic E-state index is 0.00350. The van der Waals surface area contributed by atoms with Crippen LogP contribution >= 0.6 is 11.3 Å². The zero-order chi connectivity index (χ0) is 20.7. The van der Waals surface area contributed by atoms with Crippen LogP contribution in [0.1, 0.15) is 22.7 Å². The Morgan fingerprint density at radius 1 is 1.18 bits per heavy atom. The zero-order valence-corrected chi connectivity index (χ0v) is 16.7. The summed E-state index contributed by atoms with van der Waals surface area (Å²) in [6, 6.07) is 4.67. The van der Waals surface area contributed by atoms with Crippen molar-refractivity contribution >= 4 is 21.4 Å². The van der Waals surface area contributed by atoms with Crippen molar-refractivity contribution in [3.8, 4) is 10.6 Å². The Morgan fingerprint density at radius 2 is 1.82 bits per heavy atom. The second kappa shape index (κ2) is 7.30. The second-order valence-electron chi connectivity index (χ2n) is 6.13. The largest absolute Gasteiger partial charge is 0.416 e. The van der Waals surface area contributed by atoms with Gasteiger partial charge in [0.1, 0.15) is 15.6 Å². The van der Waals surface area contributed by atoms with Crippen molar-refractivity contribution in [2.24, 2.45) is 0 Å². The highest BCUT2D eigenvalue weighted by Crippen LogP contribution is 2.32. The zero-order valence-electron chi connectivity index (χ0n) is 15.1. The average Bonchev–Trinajstić information content (AvgIpc) is 3.21. The molecule has 1 aromatic carbocycles. The number of benzene rings is 1. The van der Waals surface area contributed by atoms with Crippen LogP contribution in [0.3, 0.4) is 0 Å². The lowest BCUT2D eigenvalue weighted by Crippen LogP contribution is -2.27. The number of sulfonamides is 1. The molecule has 0 aliphatic carbocycles. The van der Waals surface area contributed by atoms with E-state index in [2.05, 4.69) is 10.1 Å². The summed E-state index contributed by atoms with van der Waals surface area (Å²) in [4.78, 5) is 4.37. The molecule has 28 heavy (non-hydrogen) atoms. The van der Waals surface area contributed by atoms with Crippen LogP contribution in [0, 0.1) is 13.8 Å². The number of nitrogens with zero attached hydrogens (tertiary/aromatic N) is 3. The quantitative estimate of drug-likeness (QED) is 0.604. The highest BCUT2D eigenvalue weighted by Gasteiger charge is 2.30. The molecule has 0 bridgehead atoms. The van der Waals surface area contributed by atoms with Gasteiger partial charge in [0, 0.05) is 18.0 Å². The molecule has 0 unspecified atom stereocenters. The number of hydrogen-bond acceptors (Lipinski definition) is 6. The minimum atomic E-state index is -4.40. The predicted molar refractivity (Wildman–Crippen MR) is 97.2 cm³/mol. The molecule has 0 aliphatic rings. The Hall–Kier alpha value is -2.24. The Kier molecular flexibility index (Phi) is 5.34. The fourth-order valence-corrected chi connectivity index (χ4v) is 4.87. The summed E-state index contributed by atoms with van der Waals surface area (Å²) in [5.41, 5.74) is 0.546. The van der Waals surface area contributed by atoms with Crippen LogP contribution in [0.4, 0.5) is 13.2 Å². The third-order valence-corrected chi connectivity index (χ3v) is 7.02. The predicted octanol–water partition coefficient (Wildman–Crippen LogP) is 4.25. The molecule has 0 fully saturated rings. The topological polar surface area (TPSA) is 76.3 Å².